The van der Waals surface area contributed by atoms with Crippen molar-refractivity contribution in [1.29, 1.82) is 0 Å². The summed E-state index contributed by atoms with van der Waals surface area (Å²) in [5.74, 6) is 0. The highest BCUT2D eigenvalue weighted by Gasteiger charge is 2.14. The average Bonchev–Trinajstić information content (AvgIpc) is 2.67. The van der Waals surface area contributed by atoms with E-state index in [-0.39, 0.29) is 7.43 Å². The number of nitrogens with zero attached hydrogens (tertiary/aromatic N) is 2. The number of rotatable bonds is 5. The molecule has 0 spiro atoms. The molecule has 1 aromatic heterocycles. The van der Waals surface area contributed by atoms with Gasteiger partial charge in [0.15, 0.2) is 0 Å². The summed E-state index contributed by atoms with van der Waals surface area (Å²) in [6, 6.07) is 5.02. The molecule has 0 atom stereocenters. The zero-order chi connectivity index (χ0) is 14.0. The fourth-order valence-electron chi connectivity index (χ4n) is 1.67. The summed E-state index contributed by atoms with van der Waals surface area (Å²) in [6.07, 6.45) is 0. The molecule has 5 nitrogen and oxygen atoms in total. The van der Waals surface area contributed by atoms with Gasteiger partial charge >= 0.3 is 0 Å². The van der Waals surface area contributed by atoms with Crippen molar-refractivity contribution in [3.05, 3.63) is 23.2 Å². The van der Waals surface area contributed by atoms with Gasteiger partial charge in [0.25, 0.3) is 0 Å². The number of benzene rings is 1. The molecular formula is C13H21N3O2S2. The number of fused-ring (bicyclic) bond motifs is 1. The highest BCUT2D eigenvalue weighted by atomic mass is 32.2. The van der Waals surface area contributed by atoms with E-state index in [9.17, 15) is 8.42 Å². The van der Waals surface area contributed by atoms with E-state index in [2.05, 4.69) is 9.71 Å². The fraction of sp³-hybridized carbons (Fsp3) is 0.462. The topological polar surface area (TPSA) is 62.3 Å². The first-order valence-corrected chi connectivity index (χ1v) is 8.20. The Morgan fingerprint density at radius 1 is 1.35 bits per heavy atom. The Kier molecular flexibility index (Phi) is 5.64. The van der Waals surface area contributed by atoms with Crippen LogP contribution < -0.4 is 4.72 Å². The van der Waals surface area contributed by atoms with Crippen LogP contribution in [-0.4, -0.2) is 45.5 Å². The summed E-state index contributed by atoms with van der Waals surface area (Å²) in [4.78, 5) is 6.54. The van der Waals surface area contributed by atoms with Crippen molar-refractivity contribution in [3.8, 4) is 0 Å². The van der Waals surface area contributed by atoms with Gasteiger partial charge in [-0.15, -0.1) is 11.3 Å². The lowest BCUT2D eigenvalue weighted by molar-refractivity contribution is 0.412. The van der Waals surface area contributed by atoms with Gasteiger partial charge in [0.2, 0.25) is 10.0 Å². The molecule has 0 unspecified atom stereocenters. The van der Waals surface area contributed by atoms with E-state index in [0.29, 0.717) is 18.0 Å². The maximum atomic E-state index is 12.1. The summed E-state index contributed by atoms with van der Waals surface area (Å²) in [5.41, 5.74) is 0.842. The Labute approximate surface area is 124 Å². The van der Waals surface area contributed by atoms with E-state index >= 15 is 0 Å². The van der Waals surface area contributed by atoms with Crippen LogP contribution in [0.4, 0.5) is 0 Å². The normalized spacial score (nSPS) is 11.8. The SMILES string of the molecule is C.Cc1nc2ccc(S(=O)(=O)NCCN(C)C)cc2s1. The summed E-state index contributed by atoms with van der Waals surface area (Å²) >= 11 is 1.50. The molecule has 0 fully saturated rings. The first kappa shape index (κ1) is 17.0. The molecule has 0 saturated heterocycles. The fourth-order valence-corrected chi connectivity index (χ4v) is 3.66. The zero-order valence-corrected chi connectivity index (χ0v) is 12.8. The maximum Gasteiger partial charge on any atom is 0.240 e. The minimum absolute atomic E-state index is 0. The molecule has 0 aliphatic heterocycles. The van der Waals surface area contributed by atoms with Crippen LogP contribution in [0, 0.1) is 6.92 Å². The lowest BCUT2D eigenvalue weighted by Gasteiger charge is -2.10. The van der Waals surface area contributed by atoms with E-state index < -0.39 is 10.0 Å². The van der Waals surface area contributed by atoms with Crippen molar-refractivity contribution >= 4 is 31.6 Å². The van der Waals surface area contributed by atoms with Gasteiger partial charge in [-0.2, -0.15) is 0 Å². The van der Waals surface area contributed by atoms with Gasteiger partial charge in [-0.25, -0.2) is 18.1 Å². The highest BCUT2D eigenvalue weighted by molar-refractivity contribution is 7.89. The van der Waals surface area contributed by atoms with Crippen LogP contribution in [-0.2, 0) is 10.0 Å². The molecule has 112 valence electrons. The molecule has 1 aromatic carbocycles. The Balaban J connectivity index is 0.00000200. The molecule has 0 radical (unpaired) electrons. The predicted molar refractivity (Wildman–Crippen MR) is 84.8 cm³/mol. The van der Waals surface area contributed by atoms with Gasteiger partial charge in [0, 0.05) is 13.1 Å². The second-order valence-electron chi connectivity index (χ2n) is 4.56. The molecule has 1 heterocycles. The third-order valence-corrected chi connectivity index (χ3v) is 5.02. The number of aryl methyl sites for hydroxylation is 1. The second kappa shape index (κ2) is 6.62. The van der Waals surface area contributed by atoms with Gasteiger partial charge in [0.1, 0.15) is 0 Å². The Morgan fingerprint density at radius 2 is 2.05 bits per heavy atom. The molecule has 0 amide bonds. The largest absolute Gasteiger partial charge is 0.308 e. The molecule has 20 heavy (non-hydrogen) atoms. The summed E-state index contributed by atoms with van der Waals surface area (Å²) in [6.45, 7) is 2.98. The lowest BCUT2D eigenvalue weighted by Crippen LogP contribution is -2.31. The van der Waals surface area contributed by atoms with E-state index in [1.54, 1.807) is 18.2 Å². The first-order chi connectivity index (χ1) is 8.88. The number of hydrogen-bond acceptors (Lipinski definition) is 5. The molecule has 7 heteroatoms. The lowest BCUT2D eigenvalue weighted by atomic mass is 10.3. The van der Waals surface area contributed by atoms with Crippen molar-refractivity contribution in [2.24, 2.45) is 0 Å². The molecule has 0 aliphatic carbocycles. The standard InChI is InChI=1S/C12H17N3O2S2.CH4/c1-9-14-11-5-4-10(8-12(11)18-9)19(16,17)13-6-7-15(2)3;/h4-5,8,13H,6-7H2,1-3H3;1H4. The zero-order valence-electron chi connectivity index (χ0n) is 11.2. The molecule has 0 aliphatic rings. The van der Waals surface area contributed by atoms with Gasteiger partial charge in [-0.05, 0) is 39.2 Å². The Bertz CT molecular complexity index is 678. The van der Waals surface area contributed by atoms with Crippen LogP contribution in [0.5, 0.6) is 0 Å². The van der Waals surface area contributed by atoms with E-state index in [4.69, 9.17) is 0 Å². The van der Waals surface area contributed by atoms with Crippen molar-refractivity contribution < 1.29 is 8.42 Å². The molecule has 2 rings (SSSR count). The van der Waals surface area contributed by atoms with Crippen LogP contribution >= 0.6 is 11.3 Å². The summed E-state index contributed by atoms with van der Waals surface area (Å²) in [5, 5.41) is 0.935. The Morgan fingerprint density at radius 3 is 2.70 bits per heavy atom. The van der Waals surface area contributed by atoms with Crippen molar-refractivity contribution in [1.82, 2.24) is 14.6 Å². The minimum Gasteiger partial charge on any atom is -0.308 e. The second-order valence-corrected chi connectivity index (χ2v) is 7.57. The minimum atomic E-state index is -3.44. The van der Waals surface area contributed by atoms with Crippen molar-refractivity contribution in [2.75, 3.05) is 27.2 Å². The van der Waals surface area contributed by atoms with Crippen molar-refractivity contribution in [3.63, 3.8) is 0 Å². The molecule has 2 aromatic rings. The third kappa shape index (κ3) is 3.99. The molecule has 0 bridgehead atoms. The maximum absolute atomic E-state index is 12.1. The van der Waals surface area contributed by atoms with Crippen LogP contribution in [0.25, 0.3) is 10.2 Å². The first-order valence-electron chi connectivity index (χ1n) is 5.90. The number of thiazole rings is 1. The van der Waals surface area contributed by atoms with Crippen molar-refractivity contribution in [2.45, 2.75) is 19.2 Å². The number of hydrogen-bond donors (Lipinski definition) is 1. The van der Waals surface area contributed by atoms with Crippen LogP contribution in [0.1, 0.15) is 12.4 Å². The number of likely N-dealkylation sites (N-methyl/N-ethyl adjacent to an activating group) is 1. The smallest absolute Gasteiger partial charge is 0.240 e. The van der Waals surface area contributed by atoms with E-state index in [0.717, 1.165) is 15.2 Å². The van der Waals surface area contributed by atoms with Gasteiger partial charge in [-0.1, -0.05) is 7.43 Å². The average molecular weight is 315 g/mol. The van der Waals surface area contributed by atoms with E-state index in [1.165, 1.54) is 11.3 Å². The molecule has 0 saturated carbocycles. The monoisotopic (exact) mass is 315 g/mol. The van der Waals surface area contributed by atoms with Crippen LogP contribution in [0.15, 0.2) is 23.1 Å². The van der Waals surface area contributed by atoms with Gasteiger partial charge in [-0.3, -0.25) is 0 Å². The summed E-state index contributed by atoms with van der Waals surface area (Å²) in [7, 11) is 0.371. The van der Waals surface area contributed by atoms with E-state index in [1.807, 2.05) is 25.9 Å². The quantitative estimate of drug-likeness (QED) is 0.917. The van der Waals surface area contributed by atoms with Crippen LogP contribution in [0.2, 0.25) is 0 Å². The van der Waals surface area contributed by atoms with Crippen LogP contribution in [0.3, 0.4) is 0 Å². The third-order valence-electron chi connectivity index (χ3n) is 2.63. The van der Waals surface area contributed by atoms with Gasteiger partial charge < -0.3 is 4.90 Å². The molecule has 1 N–H and O–H groups in total. The molecular weight excluding hydrogens is 294 g/mol. The Hall–Kier alpha value is -1.02. The summed E-state index contributed by atoms with van der Waals surface area (Å²) < 4.78 is 27.7. The number of nitrogens with one attached hydrogen (secondary N) is 1. The predicted octanol–water partition coefficient (Wildman–Crippen LogP) is 2.08. The number of sulfonamides is 1. The van der Waals surface area contributed by atoms with Gasteiger partial charge in [0.05, 0.1) is 20.1 Å². The number of aromatic nitrogens is 1. The highest BCUT2D eigenvalue weighted by Crippen LogP contribution is 2.24.